The van der Waals surface area contributed by atoms with Crippen LogP contribution in [0.3, 0.4) is 0 Å². The number of benzene rings is 1. The normalized spacial score (nSPS) is 33.3. The van der Waals surface area contributed by atoms with Crippen LogP contribution < -0.4 is 5.32 Å². The van der Waals surface area contributed by atoms with Crippen LogP contribution in [0.2, 0.25) is 0 Å². The number of para-hydroxylation sites is 1. The van der Waals surface area contributed by atoms with E-state index >= 15 is 0 Å². The highest BCUT2D eigenvalue weighted by Crippen LogP contribution is 2.31. The van der Waals surface area contributed by atoms with Crippen molar-refractivity contribution in [3.05, 3.63) is 29.8 Å². The Morgan fingerprint density at radius 1 is 1.25 bits per heavy atom. The van der Waals surface area contributed by atoms with Crippen LogP contribution in [0.1, 0.15) is 24.8 Å². The molecule has 1 aromatic carbocycles. The molecule has 0 bridgehead atoms. The lowest BCUT2D eigenvalue weighted by atomic mass is 9.93. The van der Waals surface area contributed by atoms with Crippen molar-refractivity contribution in [3.8, 4) is 0 Å². The fourth-order valence-corrected chi connectivity index (χ4v) is 4.20. The summed E-state index contributed by atoms with van der Waals surface area (Å²) < 4.78 is 5.92. The molecule has 3 nitrogen and oxygen atoms in total. The third-order valence-electron chi connectivity index (χ3n) is 5.20. The number of rotatable bonds is 2. The van der Waals surface area contributed by atoms with Crippen LogP contribution in [0.4, 0.5) is 5.69 Å². The Bertz CT molecular complexity index is 476. The zero-order valence-corrected chi connectivity index (χ0v) is 12.1. The van der Waals surface area contributed by atoms with E-state index in [1.165, 1.54) is 43.5 Å². The number of morpholine rings is 1. The van der Waals surface area contributed by atoms with Crippen molar-refractivity contribution >= 4 is 5.69 Å². The van der Waals surface area contributed by atoms with Crippen LogP contribution in [-0.2, 0) is 11.2 Å². The van der Waals surface area contributed by atoms with Crippen LogP contribution in [0.15, 0.2) is 24.3 Å². The molecular formula is C17H24N2O. The number of nitrogens with one attached hydrogen (secondary N) is 1. The van der Waals surface area contributed by atoms with Gasteiger partial charge in [0.25, 0.3) is 0 Å². The quantitative estimate of drug-likeness (QED) is 0.895. The molecule has 3 unspecified atom stereocenters. The molecule has 2 fully saturated rings. The summed E-state index contributed by atoms with van der Waals surface area (Å²) in [5.74, 6) is 0.740. The van der Waals surface area contributed by atoms with Crippen molar-refractivity contribution in [2.24, 2.45) is 5.92 Å². The maximum Gasteiger partial charge on any atom is 0.0730 e. The predicted octanol–water partition coefficient (Wildman–Crippen LogP) is 2.52. The van der Waals surface area contributed by atoms with Gasteiger partial charge in [-0.15, -0.1) is 0 Å². The molecule has 1 N–H and O–H groups in total. The van der Waals surface area contributed by atoms with E-state index < -0.39 is 0 Å². The largest absolute Gasteiger partial charge is 0.384 e. The molecule has 3 heteroatoms. The number of hydrogen-bond donors (Lipinski definition) is 1. The molecule has 0 aromatic heterocycles. The molecule has 2 heterocycles. The molecule has 4 rings (SSSR count). The first-order valence-electron chi connectivity index (χ1n) is 8.07. The summed E-state index contributed by atoms with van der Waals surface area (Å²) >= 11 is 0. The molecule has 3 atom stereocenters. The highest BCUT2D eigenvalue weighted by Gasteiger charge is 2.37. The Morgan fingerprint density at radius 3 is 3.20 bits per heavy atom. The Kier molecular flexibility index (Phi) is 3.41. The third-order valence-corrected chi connectivity index (χ3v) is 5.20. The number of anilines is 1. The van der Waals surface area contributed by atoms with Gasteiger partial charge in [0.1, 0.15) is 0 Å². The zero-order valence-electron chi connectivity index (χ0n) is 12.1. The lowest BCUT2D eigenvalue weighted by Crippen LogP contribution is -2.51. The van der Waals surface area contributed by atoms with E-state index in [1.54, 1.807) is 0 Å². The predicted molar refractivity (Wildman–Crippen MR) is 81.1 cm³/mol. The first-order valence-corrected chi connectivity index (χ1v) is 8.07. The maximum absolute atomic E-state index is 5.92. The van der Waals surface area contributed by atoms with Crippen LogP contribution in [-0.4, -0.2) is 43.3 Å². The van der Waals surface area contributed by atoms with Gasteiger partial charge in [-0.05, 0) is 43.2 Å². The third kappa shape index (κ3) is 2.33. The second kappa shape index (κ2) is 5.38. The van der Waals surface area contributed by atoms with E-state index in [1.807, 2.05) is 0 Å². The van der Waals surface area contributed by atoms with Crippen LogP contribution in [0.25, 0.3) is 0 Å². The standard InChI is InChI=1S/C17H24N2O/c1-2-5-15-14(4-1)10-13(11-18-15)12-19-8-9-20-17-7-3-6-16(17)19/h1-2,4-5,13,16-18H,3,6-12H2. The summed E-state index contributed by atoms with van der Waals surface area (Å²) in [7, 11) is 0. The summed E-state index contributed by atoms with van der Waals surface area (Å²) in [4.78, 5) is 2.71. The molecule has 1 saturated heterocycles. The van der Waals surface area contributed by atoms with E-state index in [2.05, 4.69) is 34.5 Å². The molecule has 108 valence electrons. The Balaban J connectivity index is 1.42. The van der Waals surface area contributed by atoms with Gasteiger partial charge in [0.15, 0.2) is 0 Å². The Hall–Kier alpha value is -1.06. The minimum atomic E-state index is 0.521. The highest BCUT2D eigenvalue weighted by atomic mass is 16.5. The first kappa shape index (κ1) is 12.7. The summed E-state index contributed by atoms with van der Waals surface area (Å²) in [5.41, 5.74) is 2.82. The van der Waals surface area contributed by atoms with Gasteiger partial charge < -0.3 is 10.1 Å². The fraction of sp³-hybridized carbons (Fsp3) is 0.647. The van der Waals surface area contributed by atoms with Crippen LogP contribution >= 0.6 is 0 Å². The van der Waals surface area contributed by atoms with Crippen LogP contribution in [0, 0.1) is 5.92 Å². The topological polar surface area (TPSA) is 24.5 Å². The average Bonchev–Trinajstić information content (AvgIpc) is 2.97. The zero-order chi connectivity index (χ0) is 13.4. The van der Waals surface area contributed by atoms with Gasteiger partial charge in [0, 0.05) is 31.4 Å². The summed E-state index contributed by atoms with van der Waals surface area (Å²) in [6.45, 7) is 4.40. The molecule has 1 aliphatic carbocycles. The lowest BCUT2D eigenvalue weighted by Gasteiger charge is -2.40. The smallest absolute Gasteiger partial charge is 0.0730 e. The van der Waals surface area contributed by atoms with Crippen molar-refractivity contribution in [2.45, 2.75) is 37.8 Å². The van der Waals surface area contributed by atoms with Crippen molar-refractivity contribution in [1.82, 2.24) is 4.90 Å². The van der Waals surface area contributed by atoms with Gasteiger partial charge in [-0.2, -0.15) is 0 Å². The average molecular weight is 272 g/mol. The fourth-order valence-electron chi connectivity index (χ4n) is 4.20. The van der Waals surface area contributed by atoms with Gasteiger partial charge >= 0.3 is 0 Å². The van der Waals surface area contributed by atoms with Crippen molar-refractivity contribution < 1.29 is 4.74 Å². The second-order valence-corrected chi connectivity index (χ2v) is 6.51. The van der Waals surface area contributed by atoms with Gasteiger partial charge in [0.05, 0.1) is 12.7 Å². The van der Waals surface area contributed by atoms with E-state index in [4.69, 9.17) is 4.74 Å². The van der Waals surface area contributed by atoms with Gasteiger partial charge in [-0.1, -0.05) is 18.2 Å². The lowest BCUT2D eigenvalue weighted by molar-refractivity contribution is -0.0597. The van der Waals surface area contributed by atoms with Gasteiger partial charge in [-0.3, -0.25) is 4.90 Å². The molecule has 1 saturated carbocycles. The van der Waals surface area contributed by atoms with Crippen molar-refractivity contribution in [3.63, 3.8) is 0 Å². The van der Waals surface area contributed by atoms with Crippen molar-refractivity contribution in [2.75, 3.05) is 31.6 Å². The number of fused-ring (bicyclic) bond motifs is 2. The number of ether oxygens (including phenoxy) is 1. The van der Waals surface area contributed by atoms with E-state index in [-0.39, 0.29) is 0 Å². The molecule has 0 amide bonds. The molecule has 3 aliphatic rings. The minimum Gasteiger partial charge on any atom is -0.384 e. The second-order valence-electron chi connectivity index (χ2n) is 6.51. The summed E-state index contributed by atoms with van der Waals surface area (Å²) in [6.07, 6.45) is 5.69. The van der Waals surface area contributed by atoms with E-state index in [0.29, 0.717) is 12.1 Å². The molecule has 20 heavy (non-hydrogen) atoms. The maximum atomic E-state index is 5.92. The number of nitrogens with zero attached hydrogens (tertiary/aromatic N) is 1. The Labute approximate surface area is 121 Å². The van der Waals surface area contributed by atoms with Crippen LogP contribution in [0.5, 0.6) is 0 Å². The van der Waals surface area contributed by atoms with Crippen molar-refractivity contribution in [1.29, 1.82) is 0 Å². The minimum absolute atomic E-state index is 0.521. The molecule has 2 aliphatic heterocycles. The highest BCUT2D eigenvalue weighted by molar-refractivity contribution is 5.53. The van der Waals surface area contributed by atoms with Gasteiger partial charge in [0.2, 0.25) is 0 Å². The van der Waals surface area contributed by atoms with Gasteiger partial charge in [-0.25, -0.2) is 0 Å². The van der Waals surface area contributed by atoms with E-state index in [0.717, 1.165) is 25.6 Å². The SMILES string of the molecule is c1ccc2c(c1)CC(CN1CCOC3CCCC31)CN2. The molecule has 0 radical (unpaired) electrons. The first-order chi connectivity index (χ1) is 9.90. The van der Waals surface area contributed by atoms with E-state index in [9.17, 15) is 0 Å². The summed E-state index contributed by atoms with van der Waals surface area (Å²) in [5, 5.41) is 3.60. The molecule has 1 aromatic rings. The monoisotopic (exact) mass is 272 g/mol. The Morgan fingerprint density at radius 2 is 2.20 bits per heavy atom. The number of hydrogen-bond acceptors (Lipinski definition) is 3. The molecular weight excluding hydrogens is 248 g/mol. The molecule has 0 spiro atoms. The summed E-state index contributed by atoms with van der Waals surface area (Å²) in [6, 6.07) is 9.45.